The molecule has 0 saturated heterocycles. The Balaban J connectivity index is 3.20. The van der Waals surface area contributed by atoms with Crippen LogP contribution in [0.25, 0.3) is 6.08 Å². The number of methoxy groups -OCH3 is 1. The fourth-order valence-corrected chi connectivity index (χ4v) is 1.70. The van der Waals surface area contributed by atoms with E-state index in [4.69, 9.17) is 9.84 Å². The minimum absolute atomic E-state index is 0.358. The largest absolute Gasteiger partial charge is 0.496 e. The Labute approximate surface area is 103 Å². The molecule has 0 aliphatic carbocycles. The van der Waals surface area contributed by atoms with Gasteiger partial charge in [0.15, 0.2) is 0 Å². The summed E-state index contributed by atoms with van der Waals surface area (Å²) in [5.74, 6) is -0.236. The highest BCUT2D eigenvalue weighted by Crippen LogP contribution is 2.25. The van der Waals surface area contributed by atoms with Crippen molar-refractivity contribution in [3.63, 3.8) is 0 Å². The molecular weight excluding hydrogens is 272 g/mol. The minimum atomic E-state index is -0.899. The molecule has 0 aromatic heterocycles. The smallest absolute Gasteiger partial charge is 0.331 e. The van der Waals surface area contributed by atoms with E-state index in [9.17, 15) is 4.79 Å². The number of halogens is 1. The molecule has 0 bridgehead atoms. The van der Waals surface area contributed by atoms with E-state index in [1.165, 1.54) is 0 Å². The molecule has 1 aromatic rings. The van der Waals surface area contributed by atoms with Gasteiger partial charge in [0.05, 0.1) is 7.11 Å². The van der Waals surface area contributed by atoms with Gasteiger partial charge in [0.25, 0.3) is 0 Å². The Morgan fingerprint density at radius 2 is 2.25 bits per heavy atom. The second kappa shape index (κ2) is 5.70. The standard InChI is InChI=1S/C12H13BrO3/c1-3-8(12(14)15)6-9-7-10(13)4-5-11(9)16-2/h4-7H,3H2,1-2H3,(H,14,15)/b8-6-. The van der Waals surface area contributed by atoms with E-state index >= 15 is 0 Å². The molecular formula is C12H13BrO3. The topological polar surface area (TPSA) is 46.5 Å². The number of carboxylic acid groups (broad SMARTS) is 1. The highest BCUT2D eigenvalue weighted by atomic mass is 79.9. The normalized spacial score (nSPS) is 11.3. The van der Waals surface area contributed by atoms with Crippen molar-refractivity contribution >= 4 is 28.0 Å². The second-order valence-corrected chi connectivity index (χ2v) is 4.13. The summed E-state index contributed by atoms with van der Waals surface area (Å²) in [6.45, 7) is 1.81. The number of ether oxygens (including phenoxy) is 1. The number of carbonyl (C=O) groups is 1. The van der Waals surface area contributed by atoms with Crippen LogP contribution in [0.4, 0.5) is 0 Å². The van der Waals surface area contributed by atoms with Gasteiger partial charge in [-0.1, -0.05) is 22.9 Å². The molecule has 0 heterocycles. The average Bonchev–Trinajstić information content (AvgIpc) is 2.25. The lowest BCUT2D eigenvalue weighted by Crippen LogP contribution is -1.99. The molecule has 0 atom stereocenters. The van der Waals surface area contributed by atoms with Gasteiger partial charge in [-0.15, -0.1) is 0 Å². The van der Waals surface area contributed by atoms with E-state index in [0.717, 1.165) is 10.0 Å². The van der Waals surface area contributed by atoms with E-state index in [-0.39, 0.29) is 0 Å². The van der Waals surface area contributed by atoms with E-state index in [2.05, 4.69) is 15.9 Å². The maximum absolute atomic E-state index is 10.9. The molecule has 3 nitrogen and oxygen atoms in total. The summed E-state index contributed by atoms with van der Waals surface area (Å²) in [6, 6.07) is 5.48. The SMILES string of the molecule is CC/C(=C/c1cc(Br)ccc1OC)C(=O)O. The van der Waals surface area contributed by atoms with E-state index in [0.29, 0.717) is 17.7 Å². The fourth-order valence-electron chi connectivity index (χ4n) is 1.32. The first-order chi connectivity index (χ1) is 7.58. The molecule has 86 valence electrons. The summed E-state index contributed by atoms with van der Waals surface area (Å²) in [4.78, 5) is 10.9. The van der Waals surface area contributed by atoms with Crippen molar-refractivity contribution in [1.29, 1.82) is 0 Å². The molecule has 0 aliphatic rings. The maximum atomic E-state index is 10.9. The summed E-state index contributed by atoms with van der Waals surface area (Å²) in [6.07, 6.45) is 2.11. The van der Waals surface area contributed by atoms with Crippen molar-refractivity contribution in [2.75, 3.05) is 7.11 Å². The molecule has 0 fully saturated rings. The van der Waals surface area contributed by atoms with Gasteiger partial charge in [0.2, 0.25) is 0 Å². The predicted octanol–water partition coefficient (Wildman–Crippen LogP) is 3.34. The number of benzene rings is 1. The van der Waals surface area contributed by atoms with Crippen LogP contribution in [0.15, 0.2) is 28.2 Å². The number of rotatable bonds is 4. The minimum Gasteiger partial charge on any atom is -0.496 e. The van der Waals surface area contributed by atoms with Crippen molar-refractivity contribution in [3.8, 4) is 5.75 Å². The first-order valence-corrected chi connectivity index (χ1v) is 5.65. The zero-order valence-corrected chi connectivity index (χ0v) is 10.7. The Bertz CT molecular complexity index is 424. The van der Waals surface area contributed by atoms with Crippen molar-refractivity contribution in [3.05, 3.63) is 33.8 Å². The Morgan fingerprint density at radius 3 is 2.75 bits per heavy atom. The van der Waals surface area contributed by atoms with Crippen LogP contribution in [0.1, 0.15) is 18.9 Å². The predicted molar refractivity (Wildman–Crippen MR) is 66.6 cm³/mol. The third-order valence-corrected chi connectivity index (χ3v) is 2.67. The van der Waals surface area contributed by atoms with Crippen LogP contribution in [-0.2, 0) is 4.79 Å². The summed E-state index contributed by atoms with van der Waals surface area (Å²) < 4.78 is 6.06. The lowest BCUT2D eigenvalue weighted by Gasteiger charge is -2.06. The zero-order chi connectivity index (χ0) is 12.1. The van der Waals surface area contributed by atoms with Crippen molar-refractivity contribution in [2.24, 2.45) is 0 Å². The van der Waals surface area contributed by atoms with Crippen LogP contribution in [0.2, 0.25) is 0 Å². The van der Waals surface area contributed by atoms with Crippen molar-refractivity contribution in [1.82, 2.24) is 0 Å². The van der Waals surface area contributed by atoms with Crippen LogP contribution in [0, 0.1) is 0 Å². The lowest BCUT2D eigenvalue weighted by molar-refractivity contribution is -0.132. The van der Waals surface area contributed by atoms with Crippen LogP contribution >= 0.6 is 15.9 Å². The number of aliphatic carboxylic acids is 1. The second-order valence-electron chi connectivity index (χ2n) is 3.21. The molecule has 0 aliphatic heterocycles. The fraction of sp³-hybridized carbons (Fsp3) is 0.250. The van der Waals surface area contributed by atoms with Crippen LogP contribution in [-0.4, -0.2) is 18.2 Å². The molecule has 4 heteroatoms. The van der Waals surface area contributed by atoms with Gasteiger partial charge >= 0.3 is 5.97 Å². The molecule has 1 rings (SSSR count). The van der Waals surface area contributed by atoms with Gasteiger partial charge in [-0.3, -0.25) is 0 Å². The Kier molecular flexibility index (Phi) is 4.55. The van der Waals surface area contributed by atoms with E-state index < -0.39 is 5.97 Å². The Morgan fingerprint density at radius 1 is 1.56 bits per heavy atom. The lowest BCUT2D eigenvalue weighted by atomic mass is 10.1. The van der Waals surface area contributed by atoms with Crippen molar-refractivity contribution in [2.45, 2.75) is 13.3 Å². The summed E-state index contributed by atoms with van der Waals surface area (Å²) >= 11 is 3.34. The molecule has 0 amide bonds. The van der Waals surface area contributed by atoms with Gasteiger partial charge in [-0.25, -0.2) is 4.79 Å². The number of hydrogen-bond acceptors (Lipinski definition) is 2. The zero-order valence-electron chi connectivity index (χ0n) is 9.16. The van der Waals surface area contributed by atoms with Gasteiger partial charge in [-0.05, 0) is 30.7 Å². The van der Waals surface area contributed by atoms with Gasteiger partial charge in [0, 0.05) is 15.6 Å². The maximum Gasteiger partial charge on any atom is 0.331 e. The average molecular weight is 285 g/mol. The van der Waals surface area contributed by atoms with Crippen LogP contribution in [0.3, 0.4) is 0 Å². The number of carboxylic acids is 1. The molecule has 1 aromatic carbocycles. The Hall–Kier alpha value is -1.29. The molecule has 0 radical (unpaired) electrons. The highest BCUT2D eigenvalue weighted by molar-refractivity contribution is 9.10. The third-order valence-electron chi connectivity index (χ3n) is 2.18. The highest BCUT2D eigenvalue weighted by Gasteiger charge is 2.07. The first kappa shape index (κ1) is 12.8. The monoisotopic (exact) mass is 284 g/mol. The van der Waals surface area contributed by atoms with Crippen molar-refractivity contribution < 1.29 is 14.6 Å². The van der Waals surface area contributed by atoms with Gasteiger partial charge in [0.1, 0.15) is 5.75 Å². The van der Waals surface area contributed by atoms with E-state index in [1.54, 1.807) is 19.3 Å². The number of hydrogen-bond donors (Lipinski definition) is 1. The van der Waals surface area contributed by atoms with Crippen LogP contribution in [0.5, 0.6) is 5.75 Å². The molecule has 0 unspecified atom stereocenters. The van der Waals surface area contributed by atoms with Gasteiger partial charge < -0.3 is 9.84 Å². The van der Waals surface area contributed by atoms with Crippen LogP contribution < -0.4 is 4.74 Å². The quantitative estimate of drug-likeness (QED) is 0.863. The molecule has 0 spiro atoms. The summed E-state index contributed by atoms with van der Waals surface area (Å²) in [5, 5.41) is 8.95. The first-order valence-electron chi connectivity index (χ1n) is 4.86. The summed E-state index contributed by atoms with van der Waals surface area (Å²) in [5.41, 5.74) is 1.12. The molecule has 0 saturated carbocycles. The summed E-state index contributed by atoms with van der Waals surface area (Å²) in [7, 11) is 1.56. The van der Waals surface area contributed by atoms with E-state index in [1.807, 2.05) is 19.1 Å². The molecule has 16 heavy (non-hydrogen) atoms. The molecule has 1 N–H and O–H groups in total. The third kappa shape index (κ3) is 3.10. The van der Waals surface area contributed by atoms with Gasteiger partial charge in [-0.2, -0.15) is 0 Å².